The van der Waals surface area contributed by atoms with Crippen molar-refractivity contribution in [3.8, 4) is 0 Å². The Morgan fingerprint density at radius 2 is 1.85 bits per heavy atom. The number of nitrogens with zero attached hydrogens (tertiary/aromatic N) is 4. The van der Waals surface area contributed by atoms with Gasteiger partial charge in [0.1, 0.15) is 6.20 Å². The summed E-state index contributed by atoms with van der Waals surface area (Å²) < 4.78 is 0. The number of Topliss-reactive ketones (excluding diaryl/α,β-unsaturated/α-hetero) is 2. The molecule has 1 aromatic carbocycles. The van der Waals surface area contributed by atoms with Crippen molar-refractivity contribution in [2.24, 2.45) is 5.92 Å². The van der Waals surface area contributed by atoms with Gasteiger partial charge < -0.3 is 10.6 Å². The molecule has 2 N–H and O–H groups in total. The first-order valence-electron chi connectivity index (χ1n) is 8.07. The number of benzene rings is 1. The van der Waals surface area contributed by atoms with Gasteiger partial charge in [0, 0.05) is 0 Å². The van der Waals surface area contributed by atoms with Crippen LogP contribution in [0.1, 0.15) is 12.0 Å². The minimum Gasteiger partial charge on any atom is -0.378 e. The quantitative estimate of drug-likeness (QED) is 0.480. The Hall–Kier alpha value is -3.36. The molecule has 2 heterocycles. The number of aromatic nitrogens is 2. The first kappa shape index (κ1) is 17.5. The average Bonchev–Trinajstić information content (AvgIpc) is 2.61. The molecule has 0 spiro atoms. The standard InChI is InChI=1S/C17H17N5O4/c18-16-13(22(25)26)8-19-17(20-16)21-9-14(23)12(15(24)10-21)7-6-11-4-2-1-3-5-11/h1-5,8,12H,6-7,9-10H2,(H2,18,19,20). The topological polar surface area (TPSA) is 132 Å². The molecule has 0 aliphatic carbocycles. The summed E-state index contributed by atoms with van der Waals surface area (Å²) in [5, 5.41) is 10.8. The zero-order valence-electron chi connectivity index (χ0n) is 13.9. The van der Waals surface area contributed by atoms with Gasteiger partial charge in [-0.25, -0.2) is 4.98 Å². The summed E-state index contributed by atoms with van der Waals surface area (Å²) in [6, 6.07) is 9.65. The lowest BCUT2D eigenvalue weighted by Crippen LogP contribution is -2.48. The largest absolute Gasteiger partial charge is 0.378 e. The van der Waals surface area contributed by atoms with Crippen molar-refractivity contribution in [2.75, 3.05) is 23.7 Å². The molecule has 0 unspecified atom stereocenters. The highest BCUT2D eigenvalue weighted by atomic mass is 16.6. The fourth-order valence-corrected chi connectivity index (χ4v) is 2.92. The molecule has 0 atom stereocenters. The summed E-state index contributed by atoms with van der Waals surface area (Å²) in [5.41, 5.74) is 6.21. The van der Waals surface area contributed by atoms with Gasteiger partial charge in [-0.1, -0.05) is 30.3 Å². The van der Waals surface area contributed by atoms with Crippen LogP contribution >= 0.6 is 0 Å². The van der Waals surface area contributed by atoms with Gasteiger partial charge in [0.05, 0.1) is 23.9 Å². The molecular weight excluding hydrogens is 338 g/mol. The molecule has 3 rings (SSSR count). The minimum atomic E-state index is -0.689. The highest BCUT2D eigenvalue weighted by molar-refractivity contribution is 6.08. The maximum absolute atomic E-state index is 12.4. The van der Waals surface area contributed by atoms with E-state index in [4.69, 9.17) is 5.73 Å². The Kier molecular flexibility index (Phi) is 4.87. The Labute approximate surface area is 149 Å². The number of nitro groups is 1. The van der Waals surface area contributed by atoms with Crippen LogP contribution in [0.3, 0.4) is 0 Å². The summed E-state index contributed by atoms with van der Waals surface area (Å²) in [7, 11) is 0. The van der Waals surface area contributed by atoms with Crippen LogP contribution in [0.15, 0.2) is 36.5 Å². The van der Waals surface area contributed by atoms with E-state index in [1.165, 1.54) is 4.90 Å². The second kappa shape index (κ2) is 7.26. The van der Waals surface area contributed by atoms with Crippen LogP contribution in [-0.4, -0.2) is 39.5 Å². The van der Waals surface area contributed by atoms with Crippen LogP contribution in [0, 0.1) is 16.0 Å². The van der Waals surface area contributed by atoms with E-state index < -0.39 is 16.5 Å². The number of aryl methyl sites for hydroxylation is 1. The van der Waals surface area contributed by atoms with Gasteiger partial charge in [-0.3, -0.25) is 19.7 Å². The number of carbonyl (C=O) groups is 2. The van der Waals surface area contributed by atoms with E-state index in [1.807, 2.05) is 30.3 Å². The number of carbonyl (C=O) groups excluding carboxylic acids is 2. The van der Waals surface area contributed by atoms with Crippen molar-refractivity contribution >= 4 is 29.0 Å². The number of hydrogen-bond acceptors (Lipinski definition) is 8. The molecular formula is C17H17N5O4. The van der Waals surface area contributed by atoms with Gasteiger partial charge in [0.25, 0.3) is 0 Å². The first-order valence-corrected chi connectivity index (χ1v) is 8.07. The maximum Gasteiger partial charge on any atom is 0.329 e. The first-order chi connectivity index (χ1) is 12.5. The van der Waals surface area contributed by atoms with E-state index in [0.717, 1.165) is 11.8 Å². The molecule has 1 aromatic heterocycles. The minimum absolute atomic E-state index is 0.0253. The lowest BCUT2D eigenvalue weighted by Gasteiger charge is -2.29. The zero-order chi connectivity index (χ0) is 18.7. The lowest BCUT2D eigenvalue weighted by molar-refractivity contribution is -0.384. The molecule has 1 saturated heterocycles. The molecule has 1 aliphatic rings. The fraction of sp³-hybridized carbons (Fsp3) is 0.294. The predicted octanol–water partition coefficient (Wildman–Crippen LogP) is 1.17. The molecule has 134 valence electrons. The fourth-order valence-electron chi connectivity index (χ4n) is 2.92. The summed E-state index contributed by atoms with van der Waals surface area (Å²) in [4.78, 5) is 44.0. The number of nitrogen functional groups attached to an aromatic ring is 1. The number of anilines is 2. The molecule has 0 radical (unpaired) electrons. The van der Waals surface area contributed by atoms with Crippen molar-refractivity contribution in [2.45, 2.75) is 12.8 Å². The van der Waals surface area contributed by atoms with Gasteiger partial charge >= 0.3 is 5.69 Å². The maximum atomic E-state index is 12.4. The van der Waals surface area contributed by atoms with Crippen LogP contribution in [0.25, 0.3) is 0 Å². The molecule has 26 heavy (non-hydrogen) atoms. The van der Waals surface area contributed by atoms with Gasteiger partial charge in [0.2, 0.25) is 11.8 Å². The van der Waals surface area contributed by atoms with Crippen LogP contribution in [0.4, 0.5) is 17.5 Å². The second-order valence-electron chi connectivity index (χ2n) is 6.06. The van der Waals surface area contributed by atoms with Crippen LogP contribution in [0.5, 0.6) is 0 Å². The van der Waals surface area contributed by atoms with Gasteiger partial charge in [-0.2, -0.15) is 4.98 Å². The second-order valence-corrected chi connectivity index (χ2v) is 6.06. The predicted molar refractivity (Wildman–Crippen MR) is 93.6 cm³/mol. The van der Waals surface area contributed by atoms with Gasteiger partial charge in [0.15, 0.2) is 11.6 Å². The Balaban J connectivity index is 1.68. The highest BCUT2D eigenvalue weighted by Gasteiger charge is 2.35. The number of rotatable bonds is 5. The van der Waals surface area contributed by atoms with Crippen molar-refractivity contribution in [3.63, 3.8) is 0 Å². The van der Waals surface area contributed by atoms with Gasteiger partial charge in [-0.05, 0) is 18.4 Å². The summed E-state index contributed by atoms with van der Waals surface area (Å²) in [5.74, 6) is -1.33. The van der Waals surface area contributed by atoms with E-state index in [9.17, 15) is 19.7 Å². The Morgan fingerprint density at radius 3 is 2.42 bits per heavy atom. The summed E-state index contributed by atoms with van der Waals surface area (Å²) in [6.07, 6.45) is 2.08. The Morgan fingerprint density at radius 1 is 1.19 bits per heavy atom. The van der Waals surface area contributed by atoms with E-state index in [2.05, 4.69) is 9.97 Å². The SMILES string of the molecule is Nc1nc(N2CC(=O)C(CCc3ccccc3)C(=O)C2)ncc1[N+](=O)[O-]. The summed E-state index contributed by atoms with van der Waals surface area (Å²) >= 11 is 0. The van der Waals surface area contributed by atoms with Crippen LogP contribution in [-0.2, 0) is 16.0 Å². The number of hydrogen-bond donors (Lipinski definition) is 1. The molecule has 2 aromatic rings. The molecule has 0 saturated carbocycles. The van der Waals surface area contributed by atoms with Crippen LogP contribution in [0.2, 0.25) is 0 Å². The normalized spacial score (nSPS) is 15.3. The lowest BCUT2D eigenvalue weighted by atomic mass is 9.88. The molecule has 9 heteroatoms. The van der Waals surface area contributed by atoms with Crippen molar-refractivity contribution in [1.82, 2.24) is 9.97 Å². The smallest absolute Gasteiger partial charge is 0.329 e. The molecule has 9 nitrogen and oxygen atoms in total. The van der Waals surface area contributed by atoms with E-state index in [0.29, 0.717) is 12.8 Å². The highest BCUT2D eigenvalue weighted by Crippen LogP contribution is 2.23. The Bertz CT molecular complexity index is 837. The molecule has 1 fully saturated rings. The van der Waals surface area contributed by atoms with E-state index in [-0.39, 0.29) is 36.4 Å². The molecule has 0 amide bonds. The molecule has 0 bridgehead atoms. The van der Waals surface area contributed by atoms with E-state index in [1.54, 1.807) is 0 Å². The number of piperidine rings is 1. The number of ketones is 2. The zero-order valence-corrected chi connectivity index (χ0v) is 13.9. The summed E-state index contributed by atoms with van der Waals surface area (Å²) in [6.45, 7) is -0.0507. The number of nitrogens with two attached hydrogens (primary N) is 1. The third kappa shape index (κ3) is 3.66. The van der Waals surface area contributed by atoms with Gasteiger partial charge in [-0.15, -0.1) is 0 Å². The van der Waals surface area contributed by atoms with Crippen molar-refractivity contribution in [1.29, 1.82) is 0 Å². The van der Waals surface area contributed by atoms with E-state index >= 15 is 0 Å². The van der Waals surface area contributed by atoms with Crippen molar-refractivity contribution < 1.29 is 14.5 Å². The molecule has 1 aliphatic heterocycles. The van der Waals surface area contributed by atoms with Crippen LogP contribution < -0.4 is 10.6 Å². The third-order valence-electron chi connectivity index (χ3n) is 4.30. The average molecular weight is 355 g/mol. The monoisotopic (exact) mass is 355 g/mol. The third-order valence-corrected chi connectivity index (χ3v) is 4.30. The van der Waals surface area contributed by atoms with Crippen molar-refractivity contribution in [3.05, 3.63) is 52.2 Å².